The SMILES string of the molecule is c1ccc(C2CCN(CCCN3CCNCC3)CC2)cc1. The zero-order chi connectivity index (χ0) is 14.3. The molecule has 1 aromatic carbocycles. The Morgan fingerprint density at radius 2 is 1.48 bits per heavy atom. The van der Waals surface area contributed by atoms with Gasteiger partial charge >= 0.3 is 0 Å². The van der Waals surface area contributed by atoms with Gasteiger partial charge in [0.2, 0.25) is 0 Å². The summed E-state index contributed by atoms with van der Waals surface area (Å²) in [6.07, 6.45) is 3.99. The summed E-state index contributed by atoms with van der Waals surface area (Å²) in [5.41, 5.74) is 1.54. The van der Waals surface area contributed by atoms with Gasteiger partial charge < -0.3 is 15.1 Å². The summed E-state index contributed by atoms with van der Waals surface area (Å²) in [5, 5.41) is 3.42. The molecule has 0 spiro atoms. The van der Waals surface area contributed by atoms with Crippen molar-refractivity contribution in [3.63, 3.8) is 0 Å². The molecule has 0 atom stereocenters. The van der Waals surface area contributed by atoms with Crippen molar-refractivity contribution in [1.82, 2.24) is 15.1 Å². The molecule has 0 radical (unpaired) electrons. The van der Waals surface area contributed by atoms with E-state index in [0.717, 1.165) is 5.92 Å². The van der Waals surface area contributed by atoms with E-state index in [1.807, 2.05) is 0 Å². The van der Waals surface area contributed by atoms with E-state index >= 15 is 0 Å². The zero-order valence-corrected chi connectivity index (χ0v) is 13.1. The summed E-state index contributed by atoms with van der Waals surface area (Å²) < 4.78 is 0. The van der Waals surface area contributed by atoms with Crippen LogP contribution in [0.5, 0.6) is 0 Å². The van der Waals surface area contributed by atoms with E-state index in [-0.39, 0.29) is 0 Å². The molecule has 116 valence electrons. The lowest BCUT2D eigenvalue weighted by atomic mass is 9.89. The minimum atomic E-state index is 0.788. The largest absolute Gasteiger partial charge is 0.314 e. The Bertz CT molecular complexity index is 392. The molecule has 1 N–H and O–H groups in total. The average Bonchev–Trinajstić information content (AvgIpc) is 2.57. The van der Waals surface area contributed by atoms with Crippen LogP contribution in [0.3, 0.4) is 0 Å². The van der Waals surface area contributed by atoms with Gasteiger partial charge in [-0.3, -0.25) is 0 Å². The second-order valence-electron chi connectivity index (χ2n) is 6.47. The van der Waals surface area contributed by atoms with Gasteiger partial charge in [-0.25, -0.2) is 0 Å². The normalized spacial score (nSPS) is 22.5. The van der Waals surface area contributed by atoms with Crippen LogP contribution in [-0.4, -0.2) is 62.2 Å². The number of benzene rings is 1. The first-order valence-corrected chi connectivity index (χ1v) is 8.62. The number of hydrogen-bond acceptors (Lipinski definition) is 3. The van der Waals surface area contributed by atoms with E-state index in [0.29, 0.717) is 0 Å². The van der Waals surface area contributed by atoms with Crippen LogP contribution >= 0.6 is 0 Å². The van der Waals surface area contributed by atoms with Crippen LogP contribution in [0.1, 0.15) is 30.7 Å². The smallest absolute Gasteiger partial charge is 0.0107 e. The highest BCUT2D eigenvalue weighted by atomic mass is 15.2. The van der Waals surface area contributed by atoms with Gasteiger partial charge in [0.1, 0.15) is 0 Å². The van der Waals surface area contributed by atoms with Crippen LogP contribution in [0.25, 0.3) is 0 Å². The Hall–Kier alpha value is -0.900. The fourth-order valence-electron chi connectivity index (χ4n) is 3.67. The maximum atomic E-state index is 3.42. The standard InChI is InChI=1S/C18H29N3/c1-2-5-17(6-3-1)18-7-13-20(14-8-18)11-4-12-21-15-9-19-10-16-21/h1-3,5-6,18-19H,4,7-16H2. The quantitative estimate of drug-likeness (QED) is 0.895. The first-order chi connectivity index (χ1) is 10.4. The van der Waals surface area contributed by atoms with Crippen LogP contribution in [0.2, 0.25) is 0 Å². The summed E-state index contributed by atoms with van der Waals surface area (Å²) in [4.78, 5) is 5.27. The lowest BCUT2D eigenvalue weighted by molar-refractivity contribution is 0.184. The molecule has 3 nitrogen and oxygen atoms in total. The minimum absolute atomic E-state index is 0.788. The first-order valence-electron chi connectivity index (χ1n) is 8.62. The maximum absolute atomic E-state index is 3.42. The highest BCUT2D eigenvalue weighted by Crippen LogP contribution is 2.27. The van der Waals surface area contributed by atoms with E-state index in [2.05, 4.69) is 45.4 Å². The maximum Gasteiger partial charge on any atom is 0.0107 e. The summed E-state index contributed by atoms with van der Waals surface area (Å²) in [5.74, 6) is 0.788. The van der Waals surface area contributed by atoms with Crippen molar-refractivity contribution < 1.29 is 0 Å². The van der Waals surface area contributed by atoms with E-state index in [4.69, 9.17) is 0 Å². The number of piperazine rings is 1. The molecule has 2 heterocycles. The van der Waals surface area contributed by atoms with Gasteiger partial charge in [0.05, 0.1) is 0 Å². The van der Waals surface area contributed by atoms with E-state index in [1.54, 1.807) is 0 Å². The summed E-state index contributed by atoms with van der Waals surface area (Å²) in [6.45, 7) is 9.92. The topological polar surface area (TPSA) is 18.5 Å². The van der Waals surface area contributed by atoms with Crippen LogP contribution in [0.15, 0.2) is 30.3 Å². The predicted molar refractivity (Wildman–Crippen MR) is 88.8 cm³/mol. The van der Waals surface area contributed by atoms with Crippen molar-refractivity contribution in [1.29, 1.82) is 0 Å². The molecule has 0 amide bonds. The Kier molecular flexibility index (Phi) is 5.67. The highest BCUT2D eigenvalue weighted by Gasteiger charge is 2.20. The summed E-state index contributed by atoms with van der Waals surface area (Å²) >= 11 is 0. The molecule has 2 saturated heterocycles. The molecular weight excluding hydrogens is 258 g/mol. The van der Waals surface area contributed by atoms with Crippen LogP contribution in [0, 0.1) is 0 Å². The molecule has 0 aromatic heterocycles. The molecule has 21 heavy (non-hydrogen) atoms. The van der Waals surface area contributed by atoms with Crippen LogP contribution in [0.4, 0.5) is 0 Å². The molecule has 3 heteroatoms. The van der Waals surface area contributed by atoms with E-state index in [1.165, 1.54) is 77.2 Å². The van der Waals surface area contributed by atoms with Gasteiger partial charge in [0, 0.05) is 26.2 Å². The molecule has 2 aliphatic rings. The van der Waals surface area contributed by atoms with Gasteiger partial charge in [-0.2, -0.15) is 0 Å². The number of nitrogens with one attached hydrogen (secondary N) is 1. The Balaban J connectivity index is 1.34. The van der Waals surface area contributed by atoms with Crippen molar-refractivity contribution >= 4 is 0 Å². The first kappa shape index (κ1) is 15.0. The fourth-order valence-corrected chi connectivity index (χ4v) is 3.67. The molecule has 0 bridgehead atoms. The monoisotopic (exact) mass is 287 g/mol. The average molecular weight is 287 g/mol. The second-order valence-corrected chi connectivity index (χ2v) is 6.47. The molecule has 0 unspecified atom stereocenters. The molecule has 2 aliphatic heterocycles. The van der Waals surface area contributed by atoms with E-state index < -0.39 is 0 Å². The van der Waals surface area contributed by atoms with E-state index in [9.17, 15) is 0 Å². The number of rotatable bonds is 5. The molecule has 3 rings (SSSR count). The number of piperidine rings is 1. The van der Waals surface area contributed by atoms with Crippen molar-refractivity contribution in [3.8, 4) is 0 Å². The van der Waals surface area contributed by atoms with Crippen molar-refractivity contribution in [3.05, 3.63) is 35.9 Å². The summed E-state index contributed by atoms with van der Waals surface area (Å²) in [7, 11) is 0. The molecular formula is C18H29N3. The highest BCUT2D eigenvalue weighted by molar-refractivity contribution is 5.19. The fraction of sp³-hybridized carbons (Fsp3) is 0.667. The number of likely N-dealkylation sites (tertiary alicyclic amines) is 1. The third-order valence-electron chi connectivity index (χ3n) is 5.02. The Morgan fingerprint density at radius 1 is 0.857 bits per heavy atom. The second kappa shape index (κ2) is 7.92. The van der Waals surface area contributed by atoms with Crippen LogP contribution in [-0.2, 0) is 0 Å². The zero-order valence-electron chi connectivity index (χ0n) is 13.1. The number of nitrogens with zero attached hydrogens (tertiary/aromatic N) is 2. The number of hydrogen-bond donors (Lipinski definition) is 1. The third-order valence-corrected chi connectivity index (χ3v) is 5.02. The lowest BCUT2D eigenvalue weighted by Crippen LogP contribution is -2.44. The van der Waals surface area contributed by atoms with Crippen LogP contribution < -0.4 is 5.32 Å². The molecule has 2 fully saturated rings. The summed E-state index contributed by atoms with van der Waals surface area (Å²) in [6, 6.07) is 11.1. The lowest BCUT2D eigenvalue weighted by Gasteiger charge is -2.33. The molecule has 0 aliphatic carbocycles. The van der Waals surface area contributed by atoms with Crippen molar-refractivity contribution in [2.75, 3.05) is 52.4 Å². The molecule has 0 saturated carbocycles. The third kappa shape index (κ3) is 4.53. The van der Waals surface area contributed by atoms with Gasteiger partial charge in [-0.15, -0.1) is 0 Å². The van der Waals surface area contributed by atoms with Crippen molar-refractivity contribution in [2.45, 2.75) is 25.2 Å². The van der Waals surface area contributed by atoms with Gasteiger partial charge in [-0.05, 0) is 56.9 Å². The van der Waals surface area contributed by atoms with Gasteiger partial charge in [0.15, 0.2) is 0 Å². The molecule has 1 aromatic rings. The Morgan fingerprint density at radius 3 is 2.14 bits per heavy atom. The van der Waals surface area contributed by atoms with Gasteiger partial charge in [0.25, 0.3) is 0 Å². The predicted octanol–water partition coefficient (Wildman–Crippen LogP) is 2.16. The van der Waals surface area contributed by atoms with Crippen molar-refractivity contribution in [2.24, 2.45) is 0 Å². The van der Waals surface area contributed by atoms with Gasteiger partial charge in [-0.1, -0.05) is 30.3 Å². The minimum Gasteiger partial charge on any atom is -0.314 e. The Labute approximate surface area is 129 Å².